The van der Waals surface area contributed by atoms with E-state index in [0.717, 1.165) is 13.0 Å². The van der Waals surface area contributed by atoms with Crippen molar-refractivity contribution < 1.29 is 9.90 Å². The molecular weight excluding hydrogens is 398 g/mol. The molecule has 166 valence electrons. The van der Waals surface area contributed by atoms with Crippen LogP contribution in [-0.2, 0) is 6.42 Å². The van der Waals surface area contributed by atoms with Crippen LogP contribution in [0, 0.1) is 6.92 Å². The number of likely N-dealkylation sites (N-methyl/N-ethyl adjacent to an activating group) is 1. The SMILES string of the molecule is Cc1cc(C(C)C)ccc1-c1ccc2c(c1)CCN(C)[C@H]2CNc1cnccc1C(=O)O. The highest BCUT2D eigenvalue weighted by Crippen LogP contribution is 2.34. The number of benzene rings is 2. The van der Waals surface area contributed by atoms with E-state index in [0.29, 0.717) is 18.2 Å². The van der Waals surface area contributed by atoms with Crippen LogP contribution < -0.4 is 5.32 Å². The first-order valence-electron chi connectivity index (χ1n) is 11.2. The van der Waals surface area contributed by atoms with Crippen LogP contribution in [0.25, 0.3) is 11.1 Å². The average Bonchev–Trinajstić information content (AvgIpc) is 2.78. The summed E-state index contributed by atoms with van der Waals surface area (Å²) in [5, 5.41) is 12.8. The Labute approximate surface area is 190 Å². The number of pyridine rings is 1. The molecule has 0 amide bonds. The Bertz CT molecular complexity index is 1140. The summed E-state index contributed by atoms with van der Waals surface area (Å²) in [5.41, 5.74) is 8.68. The molecule has 2 N–H and O–H groups in total. The molecule has 0 bridgehead atoms. The lowest BCUT2D eigenvalue weighted by Crippen LogP contribution is -2.36. The molecule has 0 saturated heterocycles. The van der Waals surface area contributed by atoms with Crippen molar-refractivity contribution in [2.75, 3.05) is 25.5 Å². The van der Waals surface area contributed by atoms with Gasteiger partial charge in [-0.1, -0.05) is 50.2 Å². The number of nitrogens with zero attached hydrogens (tertiary/aromatic N) is 2. The van der Waals surface area contributed by atoms with Gasteiger partial charge in [0.2, 0.25) is 0 Å². The molecule has 1 aliphatic heterocycles. The highest BCUT2D eigenvalue weighted by atomic mass is 16.4. The van der Waals surface area contributed by atoms with E-state index in [1.54, 1.807) is 6.20 Å². The van der Waals surface area contributed by atoms with Crippen LogP contribution in [0.15, 0.2) is 54.9 Å². The van der Waals surface area contributed by atoms with Gasteiger partial charge in [-0.25, -0.2) is 4.79 Å². The van der Waals surface area contributed by atoms with Gasteiger partial charge in [0.1, 0.15) is 0 Å². The first-order valence-corrected chi connectivity index (χ1v) is 11.2. The summed E-state index contributed by atoms with van der Waals surface area (Å²) in [7, 11) is 2.12. The van der Waals surface area contributed by atoms with Crippen molar-refractivity contribution in [1.29, 1.82) is 0 Å². The average molecular weight is 430 g/mol. The minimum Gasteiger partial charge on any atom is -0.478 e. The molecule has 1 aliphatic rings. The fourth-order valence-corrected chi connectivity index (χ4v) is 4.57. The van der Waals surface area contributed by atoms with Crippen molar-refractivity contribution in [1.82, 2.24) is 9.88 Å². The Morgan fingerprint density at radius 2 is 2.03 bits per heavy atom. The molecule has 32 heavy (non-hydrogen) atoms. The Morgan fingerprint density at radius 1 is 1.22 bits per heavy atom. The van der Waals surface area contributed by atoms with E-state index in [1.807, 2.05) is 0 Å². The molecule has 3 aromatic rings. The predicted molar refractivity (Wildman–Crippen MR) is 129 cm³/mol. The van der Waals surface area contributed by atoms with E-state index in [2.05, 4.69) is 79.4 Å². The Morgan fingerprint density at radius 3 is 2.75 bits per heavy atom. The summed E-state index contributed by atoms with van der Waals surface area (Å²) < 4.78 is 0. The minimum atomic E-state index is -0.948. The summed E-state index contributed by atoms with van der Waals surface area (Å²) >= 11 is 0. The quantitative estimate of drug-likeness (QED) is 0.540. The number of fused-ring (bicyclic) bond motifs is 1. The van der Waals surface area contributed by atoms with Crippen molar-refractivity contribution >= 4 is 11.7 Å². The van der Waals surface area contributed by atoms with E-state index in [1.165, 1.54) is 45.6 Å². The lowest BCUT2D eigenvalue weighted by atomic mass is 9.88. The summed E-state index contributed by atoms with van der Waals surface area (Å²) in [5.74, 6) is -0.424. The third-order valence-electron chi connectivity index (χ3n) is 6.53. The largest absolute Gasteiger partial charge is 0.478 e. The van der Waals surface area contributed by atoms with Crippen LogP contribution in [0.4, 0.5) is 5.69 Å². The molecule has 1 aromatic heterocycles. The first-order chi connectivity index (χ1) is 15.3. The zero-order valence-electron chi connectivity index (χ0n) is 19.2. The molecule has 2 aromatic carbocycles. The van der Waals surface area contributed by atoms with E-state index < -0.39 is 5.97 Å². The fourth-order valence-electron chi connectivity index (χ4n) is 4.57. The van der Waals surface area contributed by atoms with Crippen LogP contribution in [0.5, 0.6) is 0 Å². The molecule has 2 heterocycles. The molecular formula is C27H31N3O2. The number of anilines is 1. The van der Waals surface area contributed by atoms with E-state index in [4.69, 9.17) is 0 Å². The van der Waals surface area contributed by atoms with Crippen molar-refractivity contribution in [2.24, 2.45) is 0 Å². The number of hydrogen-bond acceptors (Lipinski definition) is 4. The fraction of sp³-hybridized carbons (Fsp3) is 0.333. The normalized spacial score (nSPS) is 16.1. The van der Waals surface area contributed by atoms with Crippen LogP contribution in [0.2, 0.25) is 0 Å². The Balaban J connectivity index is 1.60. The van der Waals surface area contributed by atoms with E-state index >= 15 is 0 Å². The highest BCUT2D eigenvalue weighted by molar-refractivity contribution is 5.93. The summed E-state index contributed by atoms with van der Waals surface area (Å²) in [6.07, 6.45) is 4.10. The number of carboxylic acid groups (broad SMARTS) is 1. The van der Waals surface area contributed by atoms with Crippen LogP contribution in [0.3, 0.4) is 0 Å². The second kappa shape index (κ2) is 9.13. The van der Waals surface area contributed by atoms with Crippen LogP contribution in [0.1, 0.15) is 58.4 Å². The summed E-state index contributed by atoms with van der Waals surface area (Å²) in [6, 6.07) is 15.3. The standard InChI is InChI=1S/C27H31N3O2/c1-17(2)19-5-7-22(18(3)13-19)20-6-8-23-21(14-20)10-12-30(4)26(23)16-29-25-15-28-11-9-24(25)27(31)32/h5-9,11,13-15,17,26,29H,10,12,16H2,1-4H3,(H,31,32)/t26-/m0/s1. The number of carbonyl (C=O) groups is 1. The number of aromatic carboxylic acids is 1. The van der Waals surface area contributed by atoms with Gasteiger partial charge < -0.3 is 10.4 Å². The molecule has 0 spiro atoms. The second-order valence-electron chi connectivity index (χ2n) is 9.00. The van der Waals surface area contributed by atoms with Crippen molar-refractivity contribution in [3.8, 4) is 11.1 Å². The van der Waals surface area contributed by atoms with Gasteiger partial charge in [-0.15, -0.1) is 0 Å². The number of rotatable bonds is 6. The molecule has 0 saturated carbocycles. The Kier molecular flexibility index (Phi) is 6.28. The van der Waals surface area contributed by atoms with Crippen molar-refractivity contribution in [3.63, 3.8) is 0 Å². The molecule has 0 fully saturated rings. The van der Waals surface area contributed by atoms with Gasteiger partial charge in [0.15, 0.2) is 0 Å². The van der Waals surface area contributed by atoms with Crippen molar-refractivity contribution in [3.05, 3.63) is 82.7 Å². The number of nitrogens with one attached hydrogen (secondary N) is 1. The molecule has 5 heteroatoms. The summed E-state index contributed by atoms with van der Waals surface area (Å²) in [6.45, 7) is 8.23. The highest BCUT2D eigenvalue weighted by Gasteiger charge is 2.25. The smallest absolute Gasteiger partial charge is 0.337 e. The van der Waals surface area contributed by atoms with Gasteiger partial charge in [0, 0.05) is 19.3 Å². The lowest BCUT2D eigenvalue weighted by Gasteiger charge is -2.35. The maximum absolute atomic E-state index is 11.5. The second-order valence-corrected chi connectivity index (χ2v) is 9.00. The first kappa shape index (κ1) is 22.0. The molecule has 0 aliphatic carbocycles. The minimum absolute atomic E-state index is 0.166. The van der Waals surface area contributed by atoms with Gasteiger partial charge in [-0.2, -0.15) is 0 Å². The topological polar surface area (TPSA) is 65.5 Å². The predicted octanol–water partition coefficient (Wildman–Crippen LogP) is 5.52. The maximum Gasteiger partial charge on any atom is 0.337 e. The zero-order valence-corrected chi connectivity index (χ0v) is 19.2. The monoisotopic (exact) mass is 429 g/mol. The third-order valence-corrected chi connectivity index (χ3v) is 6.53. The third kappa shape index (κ3) is 4.39. The van der Waals surface area contributed by atoms with Crippen LogP contribution >= 0.6 is 0 Å². The molecule has 0 radical (unpaired) electrons. The number of aromatic nitrogens is 1. The van der Waals surface area contributed by atoms with Gasteiger partial charge in [0.05, 0.1) is 23.5 Å². The lowest BCUT2D eigenvalue weighted by molar-refractivity contribution is 0.0697. The van der Waals surface area contributed by atoms with Gasteiger partial charge in [-0.3, -0.25) is 9.88 Å². The Hall–Kier alpha value is -3.18. The summed E-state index contributed by atoms with van der Waals surface area (Å²) in [4.78, 5) is 17.9. The molecule has 4 rings (SSSR count). The van der Waals surface area contributed by atoms with Gasteiger partial charge in [-0.05, 0) is 65.8 Å². The van der Waals surface area contributed by atoms with Gasteiger partial charge >= 0.3 is 5.97 Å². The zero-order chi connectivity index (χ0) is 22.8. The van der Waals surface area contributed by atoms with E-state index in [-0.39, 0.29) is 11.6 Å². The van der Waals surface area contributed by atoms with E-state index in [9.17, 15) is 9.90 Å². The number of hydrogen-bond donors (Lipinski definition) is 2. The van der Waals surface area contributed by atoms with Crippen molar-refractivity contribution in [2.45, 2.75) is 39.2 Å². The maximum atomic E-state index is 11.5. The molecule has 1 atom stereocenters. The molecule has 5 nitrogen and oxygen atoms in total. The number of aryl methyl sites for hydroxylation is 1. The molecule has 0 unspecified atom stereocenters. The number of carboxylic acids is 1. The van der Waals surface area contributed by atoms with Gasteiger partial charge in [0.25, 0.3) is 0 Å². The van der Waals surface area contributed by atoms with Crippen LogP contribution in [-0.4, -0.2) is 41.1 Å².